The number of amides is 2. The zero-order valence-corrected chi connectivity index (χ0v) is 16.2. The Bertz CT molecular complexity index is 976. The van der Waals surface area contributed by atoms with Crippen molar-refractivity contribution in [1.29, 1.82) is 0 Å². The van der Waals surface area contributed by atoms with Crippen LogP contribution in [-0.2, 0) is 6.18 Å². The number of benzene rings is 1. The number of hydrogen-bond donors (Lipinski definition) is 1. The van der Waals surface area contributed by atoms with Crippen molar-refractivity contribution in [2.75, 3.05) is 36.4 Å². The number of alkyl halides is 3. The molecule has 29 heavy (non-hydrogen) atoms. The van der Waals surface area contributed by atoms with Crippen molar-refractivity contribution in [1.82, 2.24) is 9.47 Å². The number of nitrogens with zero attached hydrogens (tertiary/aromatic N) is 3. The summed E-state index contributed by atoms with van der Waals surface area (Å²) < 4.78 is 40.7. The van der Waals surface area contributed by atoms with E-state index >= 15 is 0 Å². The van der Waals surface area contributed by atoms with Crippen molar-refractivity contribution in [2.24, 2.45) is 0 Å². The first-order chi connectivity index (χ1) is 13.9. The Kier molecular flexibility index (Phi) is 5.23. The van der Waals surface area contributed by atoms with Gasteiger partial charge in [0.2, 0.25) is 0 Å². The first-order valence-electron chi connectivity index (χ1n) is 9.11. The number of urea groups is 1. The summed E-state index contributed by atoms with van der Waals surface area (Å²) in [5.41, 5.74) is 0.759. The van der Waals surface area contributed by atoms with E-state index < -0.39 is 11.7 Å². The Labute approximate surface area is 170 Å². The summed E-state index contributed by atoms with van der Waals surface area (Å²) in [6.07, 6.45) is -0.549. The number of halogens is 3. The smallest absolute Gasteiger partial charge is 0.368 e. The van der Waals surface area contributed by atoms with Crippen molar-refractivity contribution >= 4 is 28.1 Å². The molecular weight excluding hydrogens is 401 g/mol. The summed E-state index contributed by atoms with van der Waals surface area (Å²) in [5.74, 6) is 0. The molecule has 3 heterocycles. The van der Waals surface area contributed by atoms with Gasteiger partial charge in [-0.1, -0.05) is 6.07 Å². The summed E-state index contributed by atoms with van der Waals surface area (Å²) in [5, 5.41) is 5.62. The minimum absolute atomic E-state index is 0.204. The molecule has 0 spiro atoms. The maximum atomic E-state index is 12.9. The summed E-state index contributed by atoms with van der Waals surface area (Å²) >= 11 is 1.45. The molecule has 1 aromatic carbocycles. The van der Waals surface area contributed by atoms with Gasteiger partial charge in [-0.15, -0.1) is 11.3 Å². The van der Waals surface area contributed by atoms with Crippen LogP contribution in [-0.4, -0.2) is 41.7 Å². The van der Waals surface area contributed by atoms with E-state index in [9.17, 15) is 18.0 Å². The molecule has 0 aliphatic carbocycles. The van der Waals surface area contributed by atoms with E-state index in [2.05, 4.69) is 5.32 Å². The number of hydrogen-bond acceptors (Lipinski definition) is 3. The lowest BCUT2D eigenvalue weighted by Crippen LogP contribution is -2.50. The second-order valence-corrected chi connectivity index (χ2v) is 7.59. The number of aromatic nitrogens is 1. The molecule has 5 nitrogen and oxygen atoms in total. The van der Waals surface area contributed by atoms with E-state index in [0.29, 0.717) is 31.9 Å². The molecular formula is C20H19F3N4OS. The fourth-order valence-corrected chi connectivity index (χ4v) is 4.09. The van der Waals surface area contributed by atoms with Crippen LogP contribution in [0.25, 0.3) is 5.69 Å². The Morgan fingerprint density at radius 2 is 1.72 bits per heavy atom. The molecule has 0 unspecified atom stereocenters. The van der Waals surface area contributed by atoms with Crippen molar-refractivity contribution in [3.63, 3.8) is 0 Å². The van der Waals surface area contributed by atoms with Crippen molar-refractivity contribution < 1.29 is 18.0 Å². The van der Waals surface area contributed by atoms with Crippen LogP contribution in [0.1, 0.15) is 5.56 Å². The maximum absolute atomic E-state index is 12.9. The Hall–Kier alpha value is -2.94. The summed E-state index contributed by atoms with van der Waals surface area (Å²) in [6.45, 7) is 1.83. The SMILES string of the molecule is O=C(Nc1sccc1-n1cccc1)N1CCN(c2cccc(C(F)(F)F)c2)CC1. The predicted octanol–water partition coefficient (Wildman–Crippen LogP) is 4.91. The minimum atomic E-state index is -4.37. The van der Waals surface area contributed by atoms with E-state index in [1.807, 2.05) is 45.4 Å². The average Bonchev–Trinajstić information content (AvgIpc) is 3.39. The number of anilines is 2. The normalized spacial score (nSPS) is 14.9. The van der Waals surface area contributed by atoms with Crippen LogP contribution in [0.5, 0.6) is 0 Å². The highest BCUT2D eigenvalue weighted by molar-refractivity contribution is 7.14. The predicted molar refractivity (Wildman–Crippen MR) is 108 cm³/mol. The Morgan fingerprint density at radius 1 is 1.00 bits per heavy atom. The van der Waals surface area contributed by atoms with Crippen LogP contribution in [0.3, 0.4) is 0 Å². The fourth-order valence-electron chi connectivity index (χ4n) is 3.32. The molecule has 1 N–H and O–H groups in total. The number of rotatable bonds is 3. The Morgan fingerprint density at radius 3 is 2.41 bits per heavy atom. The molecule has 0 atom stereocenters. The summed E-state index contributed by atoms with van der Waals surface area (Å²) in [6, 6.07) is 10.9. The third kappa shape index (κ3) is 4.24. The molecule has 4 rings (SSSR count). The van der Waals surface area contributed by atoms with Gasteiger partial charge < -0.3 is 14.4 Å². The van der Waals surface area contributed by atoms with Crippen LogP contribution >= 0.6 is 11.3 Å². The van der Waals surface area contributed by atoms with E-state index in [1.54, 1.807) is 11.0 Å². The molecule has 0 radical (unpaired) electrons. The quantitative estimate of drug-likeness (QED) is 0.654. The van der Waals surface area contributed by atoms with Gasteiger partial charge in [-0.3, -0.25) is 5.32 Å². The average molecular weight is 420 g/mol. The number of carbonyl (C=O) groups is 1. The zero-order chi connectivity index (χ0) is 20.4. The lowest BCUT2D eigenvalue weighted by atomic mass is 10.1. The first-order valence-corrected chi connectivity index (χ1v) is 9.99. The maximum Gasteiger partial charge on any atom is 0.416 e. The molecule has 0 bridgehead atoms. The van der Waals surface area contributed by atoms with E-state index in [-0.39, 0.29) is 6.03 Å². The summed E-state index contributed by atoms with van der Waals surface area (Å²) in [7, 11) is 0. The molecule has 2 amide bonds. The minimum Gasteiger partial charge on any atom is -0.368 e. The molecule has 1 aliphatic heterocycles. The highest BCUT2D eigenvalue weighted by atomic mass is 32.1. The molecule has 9 heteroatoms. The van der Waals surface area contributed by atoms with Crippen molar-refractivity contribution in [2.45, 2.75) is 6.18 Å². The fraction of sp³-hybridized carbons (Fsp3) is 0.250. The number of carbonyl (C=O) groups excluding carboxylic acids is 1. The van der Waals surface area contributed by atoms with Gasteiger partial charge in [0, 0.05) is 44.3 Å². The second kappa shape index (κ2) is 7.82. The first kappa shape index (κ1) is 19.4. The van der Waals surface area contributed by atoms with E-state index in [0.717, 1.165) is 22.8 Å². The van der Waals surface area contributed by atoms with Crippen LogP contribution < -0.4 is 10.2 Å². The van der Waals surface area contributed by atoms with Crippen LogP contribution in [0.4, 0.5) is 28.7 Å². The zero-order valence-electron chi connectivity index (χ0n) is 15.4. The van der Waals surface area contributed by atoms with E-state index in [4.69, 9.17) is 0 Å². The van der Waals surface area contributed by atoms with Gasteiger partial charge >= 0.3 is 12.2 Å². The van der Waals surface area contributed by atoms with Crippen molar-refractivity contribution in [3.8, 4) is 5.69 Å². The molecule has 2 aromatic heterocycles. The van der Waals surface area contributed by atoms with Gasteiger partial charge in [0.15, 0.2) is 0 Å². The molecule has 152 valence electrons. The van der Waals surface area contributed by atoms with Gasteiger partial charge in [-0.05, 0) is 41.8 Å². The molecule has 0 saturated carbocycles. The number of nitrogens with one attached hydrogen (secondary N) is 1. The molecule has 1 saturated heterocycles. The Balaban J connectivity index is 1.38. The third-order valence-electron chi connectivity index (χ3n) is 4.85. The van der Waals surface area contributed by atoms with Gasteiger partial charge in [0.05, 0.1) is 11.3 Å². The molecule has 1 fully saturated rings. The summed E-state index contributed by atoms with van der Waals surface area (Å²) in [4.78, 5) is 16.2. The monoisotopic (exact) mass is 420 g/mol. The van der Waals surface area contributed by atoms with Gasteiger partial charge in [0.25, 0.3) is 0 Å². The largest absolute Gasteiger partial charge is 0.416 e. The van der Waals surface area contributed by atoms with Gasteiger partial charge in [-0.25, -0.2) is 4.79 Å². The number of thiophene rings is 1. The second-order valence-electron chi connectivity index (χ2n) is 6.68. The van der Waals surface area contributed by atoms with Crippen LogP contribution in [0.2, 0.25) is 0 Å². The van der Waals surface area contributed by atoms with Gasteiger partial charge in [-0.2, -0.15) is 13.2 Å². The standard InChI is InChI=1S/C20H19F3N4OS/c21-20(22,23)15-4-3-5-16(14-15)25-9-11-27(12-10-25)19(28)24-18-17(6-13-29-18)26-7-1-2-8-26/h1-8,13-14H,9-12H2,(H,24,28). The third-order valence-corrected chi connectivity index (χ3v) is 5.67. The van der Waals surface area contributed by atoms with E-state index in [1.165, 1.54) is 17.4 Å². The molecule has 1 aliphatic rings. The lowest BCUT2D eigenvalue weighted by molar-refractivity contribution is -0.137. The molecule has 3 aromatic rings. The van der Waals surface area contributed by atoms with Gasteiger partial charge in [0.1, 0.15) is 5.00 Å². The number of piperazine rings is 1. The lowest BCUT2D eigenvalue weighted by Gasteiger charge is -2.36. The topological polar surface area (TPSA) is 40.5 Å². The van der Waals surface area contributed by atoms with Crippen LogP contribution in [0.15, 0.2) is 60.2 Å². The van der Waals surface area contributed by atoms with Crippen LogP contribution in [0, 0.1) is 0 Å². The highest BCUT2D eigenvalue weighted by Crippen LogP contribution is 2.32. The highest BCUT2D eigenvalue weighted by Gasteiger charge is 2.31. The van der Waals surface area contributed by atoms with Crippen molar-refractivity contribution in [3.05, 3.63) is 65.8 Å².